The van der Waals surface area contributed by atoms with E-state index in [4.69, 9.17) is 9.47 Å². The molecule has 8 heteroatoms. The summed E-state index contributed by atoms with van der Waals surface area (Å²) in [7, 11) is 0. The number of amides is 1. The van der Waals surface area contributed by atoms with Gasteiger partial charge in [0.25, 0.3) is 5.91 Å². The molecule has 2 aromatic rings. The fourth-order valence-corrected chi connectivity index (χ4v) is 3.98. The Morgan fingerprint density at radius 3 is 3.16 bits per heavy atom. The van der Waals surface area contributed by atoms with Crippen LogP contribution in [0, 0.1) is 0 Å². The van der Waals surface area contributed by atoms with Gasteiger partial charge >= 0.3 is 0 Å². The van der Waals surface area contributed by atoms with E-state index in [1.54, 1.807) is 6.08 Å². The summed E-state index contributed by atoms with van der Waals surface area (Å²) in [6, 6.07) is 5.73. The molecule has 0 saturated carbocycles. The van der Waals surface area contributed by atoms with Gasteiger partial charge < -0.3 is 9.47 Å². The molecule has 1 aliphatic rings. The number of thioether (sulfide) groups is 1. The Morgan fingerprint density at radius 1 is 1.52 bits per heavy atom. The van der Waals surface area contributed by atoms with Gasteiger partial charge in [0.05, 0.1) is 0 Å². The molecule has 0 bridgehead atoms. The summed E-state index contributed by atoms with van der Waals surface area (Å²) in [6.45, 7) is 7.60. The first-order chi connectivity index (χ1) is 12.0. The summed E-state index contributed by atoms with van der Waals surface area (Å²) in [5, 5.41) is 11.1. The second-order valence-electron chi connectivity index (χ2n) is 6.09. The number of ether oxygens (including phenoxy) is 2. The Hall–Kier alpha value is -2.06. The van der Waals surface area contributed by atoms with Crippen LogP contribution in [0.25, 0.3) is 0 Å². The van der Waals surface area contributed by atoms with Gasteiger partial charge in [-0.15, -0.1) is 16.8 Å². The number of carbonyl (C=O) groups excluding carboxylic acids is 1. The van der Waals surface area contributed by atoms with Crippen LogP contribution in [-0.2, 0) is 11.2 Å². The Labute approximate surface area is 154 Å². The van der Waals surface area contributed by atoms with E-state index in [2.05, 4.69) is 22.1 Å². The third-order valence-electron chi connectivity index (χ3n) is 3.39. The van der Waals surface area contributed by atoms with Crippen LogP contribution in [0.5, 0.6) is 11.5 Å². The Bertz CT molecular complexity index is 789. The fraction of sp³-hybridized carbons (Fsp3) is 0.353. The van der Waals surface area contributed by atoms with E-state index >= 15 is 0 Å². The molecular formula is C17H19N3O3S2. The van der Waals surface area contributed by atoms with Gasteiger partial charge in [-0.3, -0.25) is 10.1 Å². The summed E-state index contributed by atoms with van der Waals surface area (Å²) in [5.74, 6) is 1.77. The second kappa shape index (κ2) is 7.45. The van der Waals surface area contributed by atoms with Crippen molar-refractivity contribution in [2.75, 3.05) is 17.7 Å². The molecule has 1 N–H and O–H groups in total. The molecular weight excluding hydrogens is 358 g/mol. The molecule has 25 heavy (non-hydrogen) atoms. The second-order valence-corrected chi connectivity index (χ2v) is 8.34. The molecule has 6 nitrogen and oxygen atoms in total. The molecule has 1 aliphatic heterocycles. The summed E-state index contributed by atoms with van der Waals surface area (Å²) in [4.78, 5) is 12.1. The third kappa shape index (κ3) is 4.52. The van der Waals surface area contributed by atoms with Crippen LogP contribution in [0.2, 0.25) is 0 Å². The fourth-order valence-electron chi connectivity index (χ4n) is 2.45. The van der Waals surface area contributed by atoms with E-state index < -0.39 is 0 Å². The van der Waals surface area contributed by atoms with Crippen molar-refractivity contribution < 1.29 is 14.3 Å². The highest BCUT2D eigenvalue weighted by Crippen LogP contribution is 2.41. The van der Waals surface area contributed by atoms with Crippen LogP contribution in [-0.4, -0.2) is 34.1 Å². The number of carbonyl (C=O) groups is 1. The van der Waals surface area contributed by atoms with Crippen LogP contribution < -0.4 is 14.8 Å². The van der Waals surface area contributed by atoms with Gasteiger partial charge in [0.15, 0.2) is 22.4 Å². The molecule has 0 aliphatic carbocycles. The van der Waals surface area contributed by atoms with Crippen LogP contribution >= 0.6 is 23.1 Å². The molecule has 1 aromatic heterocycles. The molecule has 0 saturated heterocycles. The predicted molar refractivity (Wildman–Crippen MR) is 99.8 cm³/mol. The minimum Gasteiger partial charge on any atom is -0.483 e. The van der Waals surface area contributed by atoms with E-state index in [-0.39, 0.29) is 18.1 Å². The van der Waals surface area contributed by atoms with E-state index in [9.17, 15) is 4.79 Å². The number of hydrogen-bond donors (Lipinski definition) is 1. The standard InChI is InChI=1S/C17H19N3O3S2/c1-4-8-24-16-20-19-15(25-16)18-13(21)10-22-12-7-5-6-11-9-17(2,3)23-14(11)12/h4-7H,1,8-10H2,2-3H3,(H,18,19,21). The smallest absolute Gasteiger partial charge is 0.264 e. The highest BCUT2D eigenvalue weighted by molar-refractivity contribution is 8.01. The third-order valence-corrected chi connectivity index (χ3v) is 5.36. The lowest BCUT2D eigenvalue weighted by atomic mass is 10.0. The number of nitrogens with one attached hydrogen (secondary N) is 1. The molecule has 0 fully saturated rings. The first-order valence-electron chi connectivity index (χ1n) is 7.77. The zero-order chi connectivity index (χ0) is 17.9. The van der Waals surface area contributed by atoms with Crippen molar-refractivity contribution >= 4 is 34.1 Å². The molecule has 0 atom stereocenters. The minimum atomic E-state index is -0.286. The molecule has 2 heterocycles. The number of fused-ring (bicyclic) bond motifs is 1. The SMILES string of the molecule is C=CCSc1nnc(NC(=O)COc2cccc3c2OC(C)(C)C3)s1. The maximum Gasteiger partial charge on any atom is 0.264 e. The number of anilines is 1. The Balaban J connectivity index is 1.56. The van der Waals surface area contributed by atoms with Crippen molar-refractivity contribution in [1.82, 2.24) is 10.2 Å². The first-order valence-corrected chi connectivity index (χ1v) is 9.58. The van der Waals surface area contributed by atoms with E-state index in [0.717, 1.165) is 27.8 Å². The van der Waals surface area contributed by atoms with Crippen LogP contribution in [0.15, 0.2) is 35.2 Å². The van der Waals surface area contributed by atoms with Gasteiger partial charge in [0.2, 0.25) is 5.13 Å². The minimum absolute atomic E-state index is 0.116. The van der Waals surface area contributed by atoms with Crippen molar-refractivity contribution in [1.29, 1.82) is 0 Å². The maximum absolute atomic E-state index is 12.1. The quantitative estimate of drug-likeness (QED) is 0.452. The van der Waals surface area contributed by atoms with Crippen LogP contribution in [0.3, 0.4) is 0 Å². The van der Waals surface area contributed by atoms with Crippen molar-refractivity contribution in [2.24, 2.45) is 0 Å². The number of rotatable bonds is 7. The molecule has 1 aromatic carbocycles. The lowest BCUT2D eigenvalue weighted by Gasteiger charge is -2.18. The monoisotopic (exact) mass is 377 g/mol. The Morgan fingerprint density at radius 2 is 2.36 bits per heavy atom. The van der Waals surface area contributed by atoms with E-state index in [0.29, 0.717) is 10.9 Å². The van der Waals surface area contributed by atoms with Crippen molar-refractivity contribution in [2.45, 2.75) is 30.2 Å². The normalized spacial score (nSPS) is 14.5. The lowest BCUT2D eigenvalue weighted by molar-refractivity contribution is -0.118. The molecule has 0 unspecified atom stereocenters. The zero-order valence-electron chi connectivity index (χ0n) is 14.1. The average molecular weight is 377 g/mol. The topological polar surface area (TPSA) is 73.3 Å². The molecule has 132 valence electrons. The van der Waals surface area contributed by atoms with Crippen molar-refractivity contribution in [3.8, 4) is 11.5 Å². The highest BCUT2D eigenvalue weighted by Gasteiger charge is 2.32. The van der Waals surface area contributed by atoms with E-state index in [1.807, 2.05) is 32.0 Å². The van der Waals surface area contributed by atoms with Gasteiger partial charge in [-0.05, 0) is 19.9 Å². The van der Waals surface area contributed by atoms with Gasteiger partial charge in [-0.2, -0.15) is 0 Å². The summed E-state index contributed by atoms with van der Waals surface area (Å²) in [6.07, 6.45) is 2.61. The van der Waals surface area contributed by atoms with Crippen molar-refractivity contribution in [3.63, 3.8) is 0 Å². The van der Waals surface area contributed by atoms with Gasteiger partial charge in [0.1, 0.15) is 5.60 Å². The molecule has 1 amide bonds. The lowest BCUT2D eigenvalue weighted by Crippen LogP contribution is -2.25. The molecule has 0 radical (unpaired) electrons. The summed E-state index contributed by atoms with van der Waals surface area (Å²) < 4.78 is 12.4. The van der Waals surface area contributed by atoms with Crippen LogP contribution in [0.1, 0.15) is 19.4 Å². The number of aromatic nitrogens is 2. The van der Waals surface area contributed by atoms with Crippen LogP contribution in [0.4, 0.5) is 5.13 Å². The highest BCUT2D eigenvalue weighted by atomic mass is 32.2. The van der Waals surface area contributed by atoms with Gasteiger partial charge in [-0.25, -0.2) is 0 Å². The first kappa shape index (κ1) is 17.8. The van der Waals surface area contributed by atoms with Crippen molar-refractivity contribution in [3.05, 3.63) is 36.4 Å². The van der Waals surface area contributed by atoms with Gasteiger partial charge in [0, 0.05) is 17.7 Å². The molecule has 0 spiro atoms. The maximum atomic E-state index is 12.1. The summed E-state index contributed by atoms with van der Waals surface area (Å²) in [5.41, 5.74) is 0.840. The summed E-state index contributed by atoms with van der Waals surface area (Å²) >= 11 is 2.84. The van der Waals surface area contributed by atoms with Gasteiger partial charge in [-0.1, -0.05) is 41.3 Å². The molecule has 3 rings (SSSR count). The number of benzene rings is 1. The zero-order valence-corrected chi connectivity index (χ0v) is 15.7. The number of hydrogen-bond acceptors (Lipinski definition) is 7. The number of nitrogens with zero attached hydrogens (tertiary/aromatic N) is 2. The predicted octanol–water partition coefficient (Wildman–Crippen LogP) is 3.55. The number of para-hydroxylation sites is 1. The van der Waals surface area contributed by atoms with E-state index in [1.165, 1.54) is 23.1 Å². The largest absolute Gasteiger partial charge is 0.483 e. The Kier molecular flexibility index (Phi) is 5.29. The average Bonchev–Trinajstić information content (AvgIpc) is 3.13.